The lowest BCUT2D eigenvalue weighted by atomic mass is 9.98. The minimum atomic E-state index is -3.39. The molecule has 1 aliphatic rings. The predicted octanol–water partition coefficient (Wildman–Crippen LogP) is 2.49. The second-order valence-electron chi connectivity index (χ2n) is 6.50. The summed E-state index contributed by atoms with van der Waals surface area (Å²) in [6, 6.07) is 5.40. The monoisotopic (exact) mass is 375 g/mol. The highest BCUT2D eigenvalue weighted by Gasteiger charge is 2.29. The Balaban J connectivity index is 0.00000288. The van der Waals surface area contributed by atoms with Gasteiger partial charge in [-0.1, -0.05) is 13.0 Å². The van der Waals surface area contributed by atoms with E-state index in [0.29, 0.717) is 23.9 Å². The molecule has 0 aliphatic carbocycles. The molecule has 0 saturated carbocycles. The third-order valence-corrected chi connectivity index (χ3v) is 6.45. The molecule has 0 bridgehead atoms. The van der Waals surface area contributed by atoms with Crippen molar-refractivity contribution in [1.29, 1.82) is 0 Å². The van der Waals surface area contributed by atoms with E-state index in [1.165, 1.54) is 0 Å². The number of halogens is 1. The van der Waals surface area contributed by atoms with Gasteiger partial charge < -0.3 is 10.2 Å². The van der Waals surface area contributed by atoms with Gasteiger partial charge in [0.1, 0.15) is 0 Å². The number of hydrogen-bond donors (Lipinski definition) is 1. The minimum Gasteiger partial charge on any atom is -0.377 e. The summed E-state index contributed by atoms with van der Waals surface area (Å²) in [5.74, 6) is 0.580. The molecule has 0 atom stereocenters. The van der Waals surface area contributed by atoms with Crippen molar-refractivity contribution in [3.63, 3.8) is 0 Å². The lowest BCUT2D eigenvalue weighted by Crippen LogP contribution is -2.40. The molecule has 0 radical (unpaired) electrons. The molecule has 1 heterocycles. The molecule has 0 spiro atoms. The smallest absolute Gasteiger partial charge is 0.243 e. The Morgan fingerprint density at radius 3 is 2.42 bits per heavy atom. The van der Waals surface area contributed by atoms with Gasteiger partial charge in [0, 0.05) is 32.9 Å². The van der Waals surface area contributed by atoms with E-state index < -0.39 is 10.0 Å². The maximum atomic E-state index is 12.9. The van der Waals surface area contributed by atoms with Crippen LogP contribution >= 0.6 is 12.4 Å². The molecule has 0 aromatic heterocycles. The van der Waals surface area contributed by atoms with Crippen LogP contribution in [0.5, 0.6) is 0 Å². The minimum absolute atomic E-state index is 0. The molecule has 1 aromatic rings. The number of nitrogens with one attached hydrogen (secondary N) is 1. The average Bonchev–Trinajstić information content (AvgIpc) is 2.53. The third-order valence-electron chi connectivity index (χ3n) is 4.56. The fourth-order valence-electron chi connectivity index (χ4n) is 3.08. The van der Waals surface area contributed by atoms with Crippen LogP contribution in [0.25, 0.3) is 0 Å². The summed E-state index contributed by atoms with van der Waals surface area (Å²) < 4.78 is 27.4. The Labute approximate surface area is 152 Å². The summed E-state index contributed by atoms with van der Waals surface area (Å²) in [5.41, 5.74) is 2.03. The van der Waals surface area contributed by atoms with Crippen molar-refractivity contribution in [2.45, 2.75) is 31.6 Å². The van der Waals surface area contributed by atoms with Crippen LogP contribution in [0, 0.1) is 12.8 Å². The molecule has 1 aliphatic heterocycles. The molecule has 1 N–H and O–H groups in total. The summed E-state index contributed by atoms with van der Waals surface area (Å²) in [7, 11) is 0.478. The largest absolute Gasteiger partial charge is 0.377 e. The standard InChI is InChI=1S/C17H29N3O2S.ClH/c1-5-18-13-15-8-10-20(11-9-15)23(21,22)16-7-6-14(2)17(12-16)19(3)4;/h6-7,12,15,18H,5,8-11,13H2,1-4H3;1H. The van der Waals surface area contributed by atoms with Crippen LogP contribution in [-0.4, -0.2) is 53.0 Å². The van der Waals surface area contributed by atoms with E-state index >= 15 is 0 Å². The zero-order chi connectivity index (χ0) is 17.0. The van der Waals surface area contributed by atoms with Gasteiger partial charge in [0.2, 0.25) is 10.0 Å². The van der Waals surface area contributed by atoms with Crippen LogP contribution in [0.2, 0.25) is 0 Å². The van der Waals surface area contributed by atoms with E-state index in [1.54, 1.807) is 16.4 Å². The Morgan fingerprint density at radius 2 is 1.88 bits per heavy atom. The second kappa shape index (κ2) is 9.04. The molecule has 0 amide bonds. The number of piperidine rings is 1. The quantitative estimate of drug-likeness (QED) is 0.829. The Hall–Kier alpha value is -0.820. The molecule has 0 unspecified atom stereocenters. The van der Waals surface area contributed by atoms with Gasteiger partial charge >= 0.3 is 0 Å². The van der Waals surface area contributed by atoms with Gasteiger partial charge in [-0.25, -0.2) is 8.42 Å². The first-order chi connectivity index (χ1) is 10.9. The number of sulfonamides is 1. The first-order valence-electron chi connectivity index (χ1n) is 8.35. The first kappa shape index (κ1) is 21.2. The van der Waals surface area contributed by atoms with Gasteiger partial charge in [-0.05, 0) is 56.5 Å². The Morgan fingerprint density at radius 1 is 1.25 bits per heavy atom. The highest BCUT2D eigenvalue weighted by molar-refractivity contribution is 7.89. The first-order valence-corrected chi connectivity index (χ1v) is 9.79. The maximum Gasteiger partial charge on any atom is 0.243 e. The zero-order valence-corrected chi connectivity index (χ0v) is 16.7. The lowest BCUT2D eigenvalue weighted by molar-refractivity contribution is 0.268. The van der Waals surface area contributed by atoms with Crippen LogP contribution < -0.4 is 10.2 Å². The van der Waals surface area contributed by atoms with Crippen molar-refractivity contribution >= 4 is 28.1 Å². The topological polar surface area (TPSA) is 52.7 Å². The third kappa shape index (κ3) is 4.85. The Bertz CT molecular complexity index is 627. The van der Waals surface area contributed by atoms with Crippen LogP contribution in [0.4, 0.5) is 5.69 Å². The van der Waals surface area contributed by atoms with E-state index in [4.69, 9.17) is 0 Å². The van der Waals surface area contributed by atoms with Crippen molar-refractivity contribution in [2.24, 2.45) is 5.92 Å². The van der Waals surface area contributed by atoms with E-state index in [9.17, 15) is 8.42 Å². The number of aryl methyl sites for hydroxylation is 1. The summed E-state index contributed by atoms with van der Waals surface area (Å²) in [4.78, 5) is 2.36. The van der Waals surface area contributed by atoms with E-state index in [1.807, 2.05) is 32.0 Å². The summed E-state index contributed by atoms with van der Waals surface area (Å²) in [6.07, 6.45) is 1.86. The van der Waals surface area contributed by atoms with Crippen LogP contribution in [0.3, 0.4) is 0 Å². The summed E-state index contributed by atoms with van der Waals surface area (Å²) in [5, 5.41) is 3.36. The Kier molecular flexibility index (Phi) is 7.99. The molecule has 5 nitrogen and oxygen atoms in total. The predicted molar refractivity (Wildman–Crippen MR) is 103 cm³/mol. The SMILES string of the molecule is CCNCC1CCN(S(=O)(=O)c2ccc(C)c(N(C)C)c2)CC1.Cl. The highest BCUT2D eigenvalue weighted by atomic mass is 35.5. The zero-order valence-electron chi connectivity index (χ0n) is 15.1. The van der Waals surface area contributed by atoms with Gasteiger partial charge in [0.15, 0.2) is 0 Å². The number of benzene rings is 1. The van der Waals surface area contributed by atoms with Crippen molar-refractivity contribution < 1.29 is 8.42 Å². The number of rotatable bonds is 6. The average molecular weight is 376 g/mol. The van der Waals surface area contributed by atoms with Gasteiger partial charge in [-0.2, -0.15) is 4.31 Å². The van der Waals surface area contributed by atoms with Crippen LogP contribution in [0.1, 0.15) is 25.3 Å². The molecule has 24 heavy (non-hydrogen) atoms. The van der Waals surface area contributed by atoms with Crippen molar-refractivity contribution in [1.82, 2.24) is 9.62 Å². The van der Waals surface area contributed by atoms with Gasteiger partial charge in [0.25, 0.3) is 0 Å². The normalized spacial score (nSPS) is 16.7. The molecule has 2 rings (SSSR count). The second-order valence-corrected chi connectivity index (χ2v) is 8.44. The van der Waals surface area contributed by atoms with E-state index in [0.717, 1.165) is 37.2 Å². The molecule has 1 saturated heterocycles. The maximum absolute atomic E-state index is 12.9. The molecule has 1 fully saturated rings. The molecule has 138 valence electrons. The van der Waals surface area contributed by atoms with E-state index in [2.05, 4.69) is 12.2 Å². The highest BCUT2D eigenvalue weighted by Crippen LogP contribution is 2.27. The lowest BCUT2D eigenvalue weighted by Gasteiger charge is -2.31. The van der Waals surface area contributed by atoms with E-state index in [-0.39, 0.29) is 12.4 Å². The molecule has 7 heteroatoms. The van der Waals surface area contributed by atoms with Crippen molar-refractivity contribution in [3.8, 4) is 0 Å². The number of nitrogens with zero attached hydrogens (tertiary/aromatic N) is 2. The number of hydrogen-bond acceptors (Lipinski definition) is 4. The summed E-state index contributed by atoms with van der Waals surface area (Å²) >= 11 is 0. The van der Waals surface area contributed by atoms with Gasteiger partial charge in [-0.15, -0.1) is 12.4 Å². The van der Waals surface area contributed by atoms with Crippen LogP contribution in [0.15, 0.2) is 23.1 Å². The van der Waals surface area contributed by atoms with Crippen molar-refractivity contribution in [3.05, 3.63) is 23.8 Å². The van der Waals surface area contributed by atoms with Crippen LogP contribution in [-0.2, 0) is 10.0 Å². The summed E-state index contributed by atoms with van der Waals surface area (Å²) in [6.45, 7) is 7.28. The molecular weight excluding hydrogens is 346 g/mol. The fraction of sp³-hybridized carbons (Fsp3) is 0.647. The van der Waals surface area contributed by atoms with Gasteiger partial charge in [0.05, 0.1) is 4.90 Å². The molecular formula is C17H30ClN3O2S. The van der Waals surface area contributed by atoms with Gasteiger partial charge in [-0.3, -0.25) is 0 Å². The number of anilines is 1. The molecule has 1 aromatic carbocycles. The van der Waals surface area contributed by atoms with Crippen molar-refractivity contribution in [2.75, 3.05) is 45.2 Å². The fourth-order valence-corrected chi connectivity index (χ4v) is 4.57.